The van der Waals surface area contributed by atoms with Crippen LogP contribution in [0, 0.1) is 6.92 Å². The summed E-state index contributed by atoms with van der Waals surface area (Å²) in [6.07, 6.45) is 0.207. The molecule has 2 aromatic carbocycles. The average molecular weight is 346 g/mol. The van der Waals surface area contributed by atoms with Crippen LogP contribution in [-0.2, 0) is 11.2 Å². The lowest BCUT2D eigenvalue weighted by Gasteiger charge is -2.08. The molecule has 6 heteroatoms. The highest BCUT2D eigenvalue weighted by Gasteiger charge is 2.13. The number of benzene rings is 2. The van der Waals surface area contributed by atoms with Crippen LogP contribution in [0.5, 0.6) is 5.75 Å². The van der Waals surface area contributed by atoms with Crippen LogP contribution < -0.4 is 10.1 Å². The Morgan fingerprint density at radius 3 is 2.88 bits per heavy atom. The van der Waals surface area contributed by atoms with Gasteiger partial charge in [-0.25, -0.2) is 4.98 Å². The first kappa shape index (κ1) is 16.1. The molecule has 0 saturated heterocycles. The number of nitrogens with one attached hydrogen (secondary N) is 2. The zero-order valence-electron chi connectivity index (χ0n) is 14.5. The van der Waals surface area contributed by atoms with E-state index in [0.29, 0.717) is 17.2 Å². The van der Waals surface area contributed by atoms with E-state index in [0.717, 1.165) is 27.4 Å². The summed E-state index contributed by atoms with van der Waals surface area (Å²) in [7, 11) is 1.59. The van der Waals surface area contributed by atoms with Crippen molar-refractivity contribution in [3.8, 4) is 5.75 Å². The predicted octanol–water partition coefficient (Wildman–Crippen LogP) is 3.61. The number of methoxy groups -OCH3 is 1. The van der Waals surface area contributed by atoms with Gasteiger partial charge in [0.1, 0.15) is 5.75 Å². The van der Waals surface area contributed by atoms with Gasteiger partial charge in [-0.15, -0.1) is 0 Å². The summed E-state index contributed by atoms with van der Waals surface area (Å²) in [5, 5.41) is 11.8. The predicted molar refractivity (Wildman–Crippen MR) is 101 cm³/mol. The van der Waals surface area contributed by atoms with Crippen LogP contribution in [0.2, 0.25) is 0 Å². The van der Waals surface area contributed by atoms with E-state index in [1.165, 1.54) is 0 Å². The third kappa shape index (κ3) is 2.97. The number of aromatic nitrogens is 3. The summed E-state index contributed by atoms with van der Waals surface area (Å²) in [6.45, 7) is 2.03. The number of hydrogen-bond acceptors (Lipinski definition) is 4. The molecule has 130 valence electrons. The van der Waals surface area contributed by atoms with Crippen molar-refractivity contribution >= 4 is 33.7 Å². The van der Waals surface area contributed by atoms with Gasteiger partial charge in [0, 0.05) is 10.9 Å². The number of carbonyl (C=O) groups excluding carboxylic acids is 1. The fraction of sp³-hybridized carbons (Fsp3) is 0.150. The van der Waals surface area contributed by atoms with Crippen molar-refractivity contribution in [1.82, 2.24) is 15.2 Å². The molecule has 6 nitrogen and oxygen atoms in total. The number of nitrogens with zero attached hydrogens (tertiary/aromatic N) is 2. The second-order valence-corrected chi connectivity index (χ2v) is 6.19. The highest BCUT2D eigenvalue weighted by molar-refractivity contribution is 6.02. The van der Waals surface area contributed by atoms with Gasteiger partial charge in [0.15, 0.2) is 11.5 Å². The molecule has 2 aromatic heterocycles. The number of ether oxygens (including phenoxy) is 1. The Bertz CT molecular complexity index is 1120. The zero-order valence-corrected chi connectivity index (χ0v) is 14.5. The normalized spacial score (nSPS) is 11.0. The maximum absolute atomic E-state index is 12.5. The molecule has 0 aliphatic carbocycles. The first-order chi connectivity index (χ1) is 12.6. The molecule has 2 N–H and O–H groups in total. The lowest BCUT2D eigenvalue weighted by atomic mass is 10.1. The second-order valence-electron chi connectivity index (χ2n) is 6.19. The Balaban J connectivity index is 1.62. The van der Waals surface area contributed by atoms with Crippen molar-refractivity contribution in [3.63, 3.8) is 0 Å². The fourth-order valence-electron chi connectivity index (χ4n) is 3.01. The maximum atomic E-state index is 12.5. The van der Waals surface area contributed by atoms with E-state index in [2.05, 4.69) is 20.5 Å². The standard InChI is InChI=1S/C20H18N4O2/c1-12-7-8-13-10-15-19(21-16(13)9-12)23-24-20(15)22-18(25)11-14-5-3-4-6-17(14)26-2/h3-10H,11H2,1-2H3,(H2,21,22,23,24,25). The molecule has 0 spiro atoms. The number of aryl methyl sites for hydroxylation is 1. The van der Waals surface area contributed by atoms with E-state index in [4.69, 9.17) is 4.74 Å². The molecule has 0 atom stereocenters. The Morgan fingerprint density at radius 1 is 1.19 bits per heavy atom. The Hall–Kier alpha value is -3.41. The first-order valence-corrected chi connectivity index (χ1v) is 8.31. The maximum Gasteiger partial charge on any atom is 0.230 e. The smallest absolute Gasteiger partial charge is 0.230 e. The van der Waals surface area contributed by atoms with Crippen LogP contribution >= 0.6 is 0 Å². The number of carbonyl (C=O) groups is 1. The summed E-state index contributed by atoms with van der Waals surface area (Å²) in [5.74, 6) is 1.01. The lowest BCUT2D eigenvalue weighted by Crippen LogP contribution is -2.15. The number of anilines is 1. The zero-order chi connectivity index (χ0) is 18.1. The molecule has 0 saturated carbocycles. The molecular weight excluding hydrogens is 328 g/mol. The Labute approximate surface area is 150 Å². The SMILES string of the molecule is COc1ccccc1CC(=O)Nc1n[nH]c2nc3cc(C)ccc3cc12. The second kappa shape index (κ2) is 6.48. The third-order valence-corrected chi connectivity index (χ3v) is 4.30. The van der Waals surface area contributed by atoms with Crippen molar-refractivity contribution in [2.24, 2.45) is 0 Å². The van der Waals surface area contributed by atoms with Crippen LogP contribution in [0.4, 0.5) is 5.82 Å². The number of fused-ring (bicyclic) bond motifs is 2. The summed E-state index contributed by atoms with van der Waals surface area (Å²) in [5.41, 5.74) is 3.52. The molecule has 0 aliphatic rings. The number of amides is 1. The van der Waals surface area contributed by atoms with E-state index in [-0.39, 0.29) is 12.3 Å². The van der Waals surface area contributed by atoms with Crippen molar-refractivity contribution in [1.29, 1.82) is 0 Å². The van der Waals surface area contributed by atoms with Gasteiger partial charge in [-0.2, -0.15) is 5.10 Å². The number of para-hydroxylation sites is 1. The number of H-pyrrole nitrogens is 1. The van der Waals surface area contributed by atoms with E-state index in [1.54, 1.807) is 7.11 Å². The molecule has 4 rings (SSSR count). The van der Waals surface area contributed by atoms with Crippen LogP contribution in [0.3, 0.4) is 0 Å². The highest BCUT2D eigenvalue weighted by atomic mass is 16.5. The number of aromatic amines is 1. The van der Waals surface area contributed by atoms with E-state index >= 15 is 0 Å². The van der Waals surface area contributed by atoms with Gasteiger partial charge >= 0.3 is 0 Å². The topological polar surface area (TPSA) is 79.9 Å². The number of rotatable bonds is 4. The molecule has 0 fully saturated rings. The van der Waals surface area contributed by atoms with E-state index in [9.17, 15) is 4.79 Å². The minimum absolute atomic E-state index is 0.160. The molecular formula is C20H18N4O2. The van der Waals surface area contributed by atoms with Gasteiger partial charge in [0.05, 0.1) is 24.4 Å². The Kier molecular flexibility index (Phi) is 4.01. The Morgan fingerprint density at radius 2 is 2.04 bits per heavy atom. The number of pyridine rings is 1. The molecule has 1 amide bonds. The average Bonchev–Trinajstić information content (AvgIpc) is 3.02. The summed E-state index contributed by atoms with van der Waals surface area (Å²) < 4.78 is 5.30. The van der Waals surface area contributed by atoms with Crippen LogP contribution in [0.15, 0.2) is 48.5 Å². The molecule has 4 aromatic rings. The van der Waals surface area contributed by atoms with E-state index < -0.39 is 0 Å². The van der Waals surface area contributed by atoms with Gasteiger partial charge < -0.3 is 10.1 Å². The van der Waals surface area contributed by atoms with Crippen LogP contribution in [0.25, 0.3) is 21.9 Å². The quantitative estimate of drug-likeness (QED) is 0.591. The molecule has 26 heavy (non-hydrogen) atoms. The van der Waals surface area contributed by atoms with Crippen molar-refractivity contribution in [2.45, 2.75) is 13.3 Å². The van der Waals surface area contributed by atoms with Gasteiger partial charge in [0.25, 0.3) is 0 Å². The van der Waals surface area contributed by atoms with Gasteiger partial charge in [-0.05, 0) is 30.7 Å². The minimum Gasteiger partial charge on any atom is -0.496 e. The fourth-order valence-corrected chi connectivity index (χ4v) is 3.01. The van der Waals surface area contributed by atoms with Crippen molar-refractivity contribution < 1.29 is 9.53 Å². The largest absolute Gasteiger partial charge is 0.496 e. The molecule has 0 bridgehead atoms. The molecule has 2 heterocycles. The first-order valence-electron chi connectivity index (χ1n) is 8.31. The molecule has 0 unspecified atom stereocenters. The summed E-state index contributed by atoms with van der Waals surface area (Å²) >= 11 is 0. The monoisotopic (exact) mass is 346 g/mol. The lowest BCUT2D eigenvalue weighted by molar-refractivity contribution is -0.115. The third-order valence-electron chi connectivity index (χ3n) is 4.30. The van der Waals surface area contributed by atoms with Crippen molar-refractivity contribution in [3.05, 3.63) is 59.7 Å². The highest BCUT2D eigenvalue weighted by Crippen LogP contribution is 2.25. The number of hydrogen-bond donors (Lipinski definition) is 2. The van der Waals surface area contributed by atoms with Crippen molar-refractivity contribution in [2.75, 3.05) is 12.4 Å². The van der Waals surface area contributed by atoms with Gasteiger partial charge in [-0.3, -0.25) is 9.89 Å². The molecule has 0 radical (unpaired) electrons. The van der Waals surface area contributed by atoms with Gasteiger partial charge in [-0.1, -0.05) is 30.3 Å². The van der Waals surface area contributed by atoms with E-state index in [1.807, 2.05) is 55.5 Å². The van der Waals surface area contributed by atoms with Crippen LogP contribution in [-0.4, -0.2) is 28.2 Å². The minimum atomic E-state index is -0.160. The summed E-state index contributed by atoms with van der Waals surface area (Å²) in [6, 6.07) is 15.5. The molecule has 0 aliphatic heterocycles. The summed E-state index contributed by atoms with van der Waals surface area (Å²) in [4.78, 5) is 17.0. The van der Waals surface area contributed by atoms with Crippen LogP contribution in [0.1, 0.15) is 11.1 Å². The van der Waals surface area contributed by atoms with Gasteiger partial charge in [0.2, 0.25) is 5.91 Å².